The first-order chi connectivity index (χ1) is 16.9. The molecule has 4 rings (SSSR count). The molecule has 10 heteroatoms. The van der Waals surface area contributed by atoms with Crippen LogP contribution in [0.4, 0.5) is 15.8 Å². The average molecular weight is 501 g/mol. The fourth-order valence-electron chi connectivity index (χ4n) is 4.70. The first-order valence-electron chi connectivity index (χ1n) is 12.2. The van der Waals surface area contributed by atoms with Crippen molar-refractivity contribution in [3.63, 3.8) is 0 Å². The van der Waals surface area contributed by atoms with Gasteiger partial charge in [0.15, 0.2) is 0 Å². The van der Waals surface area contributed by atoms with E-state index in [2.05, 4.69) is 31.7 Å². The quantitative estimate of drug-likeness (QED) is 0.320. The zero-order chi connectivity index (χ0) is 24.8. The van der Waals surface area contributed by atoms with Gasteiger partial charge in [-0.2, -0.15) is 4.39 Å². The van der Waals surface area contributed by atoms with E-state index in [1.54, 1.807) is 18.5 Å². The van der Waals surface area contributed by atoms with E-state index in [0.29, 0.717) is 12.1 Å². The van der Waals surface area contributed by atoms with Gasteiger partial charge in [-0.05, 0) is 37.5 Å². The lowest BCUT2D eigenvalue weighted by atomic mass is 9.94. The van der Waals surface area contributed by atoms with Crippen LogP contribution in [0, 0.1) is 5.95 Å². The van der Waals surface area contributed by atoms with Crippen molar-refractivity contribution >= 4 is 21.4 Å². The number of hydrogen-bond donors (Lipinski definition) is 1. The number of aromatic nitrogens is 4. The second kappa shape index (κ2) is 11.2. The maximum atomic E-state index is 13.5. The minimum atomic E-state index is -3.51. The van der Waals surface area contributed by atoms with Gasteiger partial charge in [0.25, 0.3) is 0 Å². The molecule has 0 saturated carbocycles. The van der Waals surface area contributed by atoms with Crippen molar-refractivity contribution in [3.05, 3.63) is 54.6 Å². The molecular weight excluding hydrogens is 467 g/mol. The molecule has 1 saturated heterocycles. The lowest BCUT2D eigenvalue weighted by Crippen LogP contribution is -2.34. The Hall–Kier alpha value is -3.01. The Balaban J connectivity index is 1.63. The topological polar surface area (TPSA) is 93.0 Å². The molecule has 1 aliphatic heterocycles. The zero-order valence-corrected chi connectivity index (χ0v) is 21.1. The number of sulfonamides is 1. The van der Waals surface area contributed by atoms with E-state index in [9.17, 15) is 12.8 Å². The number of nitrogens with zero attached hydrogens (tertiary/aromatic N) is 5. The van der Waals surface area contributed by atoms with E-state index in [0.717, 1.165) is 67.8 Å². The van der Waals surface area contributed by atoms with Gasteiger partial charge in [0.1, 0.15) is 12.2 Å². The lowest BCUT2D eigenvalue weighted by Gasteiger charge is -2.35. The number of anilines is 2. The number of aryl methyl sites for hydroxylation is 1. The molecule has 0 spiro atoms. The van der Waals surface area contributed by atoms with Gasteiger partial charge in [0.2, 0.25) is 16.0 Å². The molecule has 3 heterocycles. The van der Waals surface area contributed by atoms with Crippen LogP contribution in [0.25, 0.3) is 11.1 Å². The van der Waals surface area contributed by atoms with Crippen LogP contribution in [0.2, 0.25) is 0 Å². The summed E-state index contributed by atoms with van der Waals surface area (Å²) in [5, 5.41) is 8.29. The standard InChI is InChI=1S/C25H33FN6O2S/c1-3-4-5-6-16-35(33,34)30-22-9-7-8-21(20-10-11-23(26)27-17-20)24(22)32-14-12-19(13-15-32)25-29-28-18-31(25)2/h7-11,17-19,30H,3-6,12-16H2,1-2H3. The lowest BCUT2D eigenvalue weighted by molar-refractivity contribution is 0.474. The predicted octanol–water partition coefficient (Wildman–Crippen LogP) is 4.72. The maximum absolute atomic E-state index is 13.5. The number of hydrogen-bond acceptors (Lipinski definition) is 6. The number of unbranched alkanes of at least 4 members (excludes halogenated alkanes) is 3. The van der Waals surface area contributed by atoms with E-state index in [1.807, 2.05) is 23.7 Å². The third-order valence-corrected chi connectivity index (χ3v) is 7.89. The molecule has 1 aromatic carbocycles. The molecule has 1 N–H and O–H groups in total. The monoisotopic (exact) mass is 500 g/mol. The number of para-hydroxylation sites is 1. The van der Waals surface area contributed by atoms with Crippen molar-refractivity contribution in [2.75, 3.05) is 28.5 Å². The van der Waals surface area contributed by atoms with Gasteiger partial charge in [-0.3, -0.25) is 4.72 Å². The minimum Gasteiger partial charge on any atom is -0.369 e. The Labute approximate surface area is 206 Å². The summed E-state index contributed by atoms with van der Waals surface area (Å²) < 4.78 is 44.2. The normalized spacial score (nSPS) is 14.9. The summed E-state index contributed by atoms with van der Waals surface area (Å²) in [5.74, 6) is 0.790. The van der Waals surface area contributed by atoms with E-state index < -0.39 is 16.0 Å². The first kappa shape index (κ1) is 25.1. The highest BCUT2D eigenvalue weighted by molar-refractivity contribution is 7.92. The van der Waals surface area contributed by atoms with Gasteiger partial charge in [-0.25, -0.2) is 13.4 Å². The molecule has 0 aliphatic carbocycles. The summed E-state index contributed by atoms with van der Waals surface area (Å²) in [6, 6.07) is 8.55. The van der Waals surface area contributed by atoms with Gasteiger partial charge in [0, 0.05) is 43.4 Å². The smallest absolute Gasteiger partial charge is 0.232 e. The molecular formula is C25H33FN6O2S. The highest BCUT2D eigenvalue weighted by Crippen LogP contribution is 2.40. The molecule has 0 atom stereocenters. The summed E-state index contributed by atoms with van der Waals surface area (Å²) in [7, 11) is -1.56. The van der Waals surface area contributed by atoms with E-state index in [1.165, 1.54) is 12.3 Å². The van der Waals surface area contributed by atoms with Crippen LogP contribution >= 0.6 is 0 Å². The van der Waals surface area contributed by atoms with Crippen molar-refractivity contribution < 1.29 is 12.8 Å². The van der Waals surface area contributed by atoms with E-state index in [-0.39, 0.29) is 11.7 Å². The Morgan fingerprint density at radius 3 is 2.57 bits per heavy atom. The van der Waals surface area contributed by atoms with Crippen LogP contribution in [0.1, 0.15) is 57.2 Å². The van der Waals surface area contributed by atoms with Gasteiger partial charge in [-0.15, -0.1) is 10.2 Å². The van der Waals surface area contributed by atoms with Crippen molar-refractivity contribution in [2.24, 2.45) is 7.05 Å². The highest BCUT2D eigenvalue weighted by atomic mass is 32.2. The van der Waals surface area contributed by atoms with Gasteiger partial charge in [0.05, 0.1) is 17.1 Å². The number of piperidine rings is 1. The van der Waals surface area contributed by atoms with Crippen LogP contribution in [0.3, 0.4) is 0 Å². The average Bonchev–Trinajstić information content (AvgIpc) is 3.28. The largest absolute Gasteiger partial charge is 0.369 e. The maximum Gasteiger partial charge on any atom is 0.232 e. The summed E-state index contributed by atoms with van der Waals surface area (Å²) in [6.07, 6.45) is 8.53. The third kappa shape index (κ3) is 6.17. The number of benzene rings is 1. The van der Waals surface area contributed by atoms with Crippen LogP contribution in [0.5, 0.6) is 0 Å². The molecule has 0 unspecified atom stereocenters. The van der Waals surface area contributed by atoms with Crippen LogP contribution in [-0.4, -0.2) is 47.0 Å². The second-order valence-corrected chi connectivity index (χ2v) is 11.0. The number of nitrogens with one attached hydrogen (secondary N) is 1. The third-order valence-electron chi connectivity index (χ3n) is 6.53. The molecule has 1 fully saturated rings. The van der Waals surface area contributed by atoms with Gasteiger partial charge in [-0.1, -0.05) is 38.3 Å². The fourth-order valence-corrected chi connectivity index (χ4v) is 5.88. The summed E-state index contributed by atoms with van der Waals surface area (Å²) in [4.78, 5) is 6.03. The predicted molar refractivity (Wildman–Crippen MR) is 136 cm³/mol. The second-order valence-electron chi connectivity index (χ2n) is 9.11. The molecule has 188 valence electrons. The Bertz CT molecular complexity index is 1220. The molecule has 1 aliphatic rings. The summed E-state index contributed by atoms with van der Waals surface area (Å²) in [6.45, 7) is 3.56. The molecule has 0 amide bonds. The SMILES string of the molecule is CCCCCCS(=O)(=O)Nc1cccc(-c2ccc(F)nc2)c1N1CCC(c2nncn2C)CC1. The number of rotatable bonds is 10. The fraction of sp³-hybridized carbons (Fsp3) is 0.480. The Morgan fingerprint density at radius 2 is 1.91 bits per heavy atom. The zero-order valence-electron chi connectivity index (χ0n) is 20.3. The molecule has 0 radical (unpaired) electrons. The van der Waals surface area contributed by atoms with Crippen molar-refractivity contribution in [1.82, 2.24) is 19.7 Å². The van der Waals surface area contributed by atoms with Crippen LogP contribution in [-0.2, 0) is 17.1 Å². The van der Waals surface area contributed by atoms with Gasteiger partial charge >= 0.3 is 0 Å². The Morgan fingerprint density at radius 1 is 1.11 bits per heavy atom. The highest BCUT2D eigenvalue weighted by Gasteiger charge is 2.27. The van der Waals surface area contributed by atoms with Crippen molar-refractivity contribution in [3.8, 4) is 11.1 Å². The van der Waals surface area contributed by atoms with Crippen LogP contribution in [0.15, 0.2) is 42.9 Å². The summed E-state index contributed by atoms with van der Waals surface area (Å²) in [5.41, 5.74) is 2.90. The number of pyridine rings is 1. The number of halogens is 1. The molecule has 35 heavy (non-hydrogen) atoms. The van der Waals surface area contributed by atoms with Gasteiger partial charge < -0.3 is 9.47 Å². The first-order valence-corrected chi connectivity index (χ1v) is 13.9. The van der Waals surface area contributed by atoms with Crippen molar-refractivity contribution in [2.45, 2.75) is 51.4 Å². The van der Waals surface area contributed by atoms with E-state index >= 15 is 0 Å². The molecule has 8 nitrogen and oxygen atoms in total. The molecule has 2 aromatic heterocycles. The molecule has 3 aromatic rings. The van der Waals surface area contributed by atoms with Crippen LogP contribution < -0.4 is 9.62 Å². The summed E-state index contributed by atoms with van der Waals surface area (Å²) >= 11 is 0. The Kier molecular flexibility index (Phi) is 8.00. The van der Waals surface area contributed by atoms with E-state index in [4.69, 9.17) is 0 Å². The minimum absolute atomic E-state index is 0.0863. The van der Waals surface area contributed by atoms with Crippen molar-refractivity contribution in [1.29, 1.82) is 0 Å². The molecule has 0 bridgehead atoms.